The van der Waals surface area contributed by atoms with Gasteiger partial charge in [-0.3, -0.25) is 0 Å². The number of rotatable bonds is 4. The predicted molar refractivity (Wildman–Crippen MR) is 146 cm³/mol. The van der Waals surface area contributed by atoms with Gasteiger partial charge < -0.3 is 24.3 Å². The fourth-order valence-corrected chi connectivity index (χ4v) is 5.20. The number of carbonyl (C=O) groups is 1. The first kappa shape index (κ1) is 28.0. The molecule has 0 aliphatic carbocycles. The van der Waals surface area contributed by atoms with Crippen molar-refractivity contribution in [1.82, 2.24) is 24.4 Å². The first-order valence-corrected chi connectivity index (χ1v) is 13.4. The first-order chi connectivity index (χ1) is 18.2. The van der Waals surface area contributed by atoms with E-state index in [-0.39, 0.29) is 18.1 Å². The minimum Gasteiger partial charge on any atom is -0.453 e. The molecule has 1 amide bonds. The van der Waals surface area contributed by atoms with Gasteiger partial charge in [0.05, 0.1) is 29.5 Å². The number of likely N-dealkylation sites (tertiary alicyclic amines) is 1. The summed E-state index contributed by atoms with van der Waals surface area (Å²) in [6.45, 7) is 9.33. The van der Waals surface area contributed by atoms with Crippen LogP contribution in [0.4, 0.5) is 15.1 Å². The summed E-state index contributed by atoms with van der Waals surface area (Å²) in [6, 6.07) is 3.29. The summed E-state index contributed by atoms with van der Waals surface area (Å²) >= 11 is 6.31. The fraction of sp³-hybridized carbons (Fsp3) is 0.556. The molecule has 2 aliphatic rings. The molecule has 9 nitrogen and oxygen atoms in total. The van der Waals surface area contributed by atoms with E-state index in [4.69, 9.17) is 21.1 Å². The highest BCUT2D eigenvalue weighted by Crippen LogP contribution is 2.36. The SMILES string of the molecule is CC1CCCOC1.CNc1ncc(Cl)c(-c2cc(F)c3nc(C4CCN(C(=O)OC)C4)n(C(C)C)c3c2)n1. The highest BCUT2D eigenvalue weighted by Gasteiger charge is 2.32. The lowest BCUT2D eigenvalue weighted by Crippen LogP contribution is -2.28. The molecule has 5 rings (SSSR count). The van der Waals surface area contributed by atoms with Crippen LogP contribution in [-0.2, 0) is 9.47 Å². The number of ether oxygens (including phenoxy) is 2. The predicted octanol–water partition coefficient (Wildman–Crippen LogP) is 5.90. The van der Waals surface area contributed by atoms with E-state index >= 15 is 4.39 Å². The topological polar surface area (TPSA) is 94.4 Å². The van der Waals surface area contributed by atoms with E-state index in [1.54, 1.807) is 11.9 Å². The van der Waals surface area contributed by atoms with Gasteiger partial charge in [0.1, 0.15) is 11.3 Å². The van der Waals surface area contributed by atoms with Gasteiger partial charge in [0.25, 0.3) is 0 Å². The molecule has 2 fully saturated rings. The number of aromatic nitrogens is 4. The highest BCUT2D eigenvalue weighted by molar-refractivity contribution is 6.33. The Morgan fingerprint density at radius 1 is 1.29 bits per heavy atom. The van der Waals surface area contributed by atoms with E-state index < -0.39 is 5.82 Å². The molecule has 38 heavy (non-hydrogen) atoms. The molecule has 11 heteroatoms. The van der Waals surface area contributed by atoms with Crippen LogP contribution in [0.3, 0.4) is 0 Å². The Morgan fingerprint density at radius 3 is 2.68 bits per heavy atom. The van der Waals surface area contributed by atoms with Crippen molar-refractivity contribution < 1.29 is 18.7 Å². The second kappa shape index (κ2) is 12.3. The maximum Gasteiger partial charge on any atom is 0.409 e. The van der Waals surface area contributed by atoms with Gasteiger partial charge >= 0.3 is 6.09 Å². The number of fused-ring (bicyclic) bond motifs is 1. The Morgan fingerprint density at radius 2 is 2.08 bits per heavy atom. The molecule has 4 heterocycles. The molecular weight excluding hydrogens is 511 g/mol. The van der Waals surface area contributed by atoms with Gasteiger partial charge in [-0.15, -0.1) is 0 Å². The van der Waals surface area contributed by atoms with Crippen LogP contribution in [0, 0.1) is 11.7 Å². The Labute approximate surface area is 227 Å². The first-order valence-electron chi connectivity index (χ1n) is 13.1. The quantitative estimate of drug-likeness (QED) is 0.435. The summed E-state index contributed by atoms with van der Waals surface area (Å²) in [5.41, 5.74) is 1.95. The Balaban J connectivity index is 0.000000417. The normalized spacial score (nSPS) is 19.4. The fourth-order valence-electron chi connectivity index (χ4n) is 5.00. The lowest BCUT2D eigenvalue weighted by atomic mass is 10.1. The monoisotopic (exact) mass is 546 g/mol. The maximum atomic E-state index is 15.2. The molecule has 2 unspecified atom stereocenters. The number of imidazole rings is 1. The Hall–Kier alpha value is -2.98. The van der Waals surface area contributed by atoms with Crippen LogP contribution in [0.5, 0.6) is 0 Å². The largest absolute Gasteiger partial charge is 0.453 e. The zero-order chi connectivity index (χ0) is 27.4. The summed E-state index contributed by atoms with van der Waals surface area (Å²) < 4.78 is 27.2. The molecule has 206 valence electrons. The van der Waals surface area contributed by atoms with Crippen LogP contribution < -0.4 is 5.32 Å². The molecule has 3 aromatic rings. The zero-order valence-corrected chi connectivity index (χ0v) is 23.4. The van der Waals surface area contributed by atoms with E-state index in [1.807, 2.05) is 24.5 Å². The van der Waals surface area contributed by atoms with Crippen molar-refractivity contribution in [2.24, 2.45) is 5.92 Å². The number of methoxy groups -OCH3 is 1. The number of hydrogen-bond acceptors (Lipinski definition) is 7. The summed E-state index contributed by atoms with van der Waals surface area (Å²) in [6.07, 6.45) is 4.49. The minimum absolute atomic E-state index is 0.00437. The van der Waals surface area contributed by atoms with Crippen molar-refractivity contribution in [3.05, 3.63) is 35.0 Å². The molecule has 1 N–H and O–H groups in total. The van der Waals surface area contributed by atoms with Crippen molar-refractivity contribution in [2.75, 3.05) is 45.8 Å². The van der Waals surface area contributed by atoms with E-state index in [0.717, 1.165) is 31.4 Å². The third kappa shape index (κ3) is 6.02. The van der Waals surface area contributed by atoms with Crippen molar-refractivity contribution in [1.29, 1.82) is 0 Å². The van der Waals surface area contributed by atoms with Crippen LogP contribution in [0.2, 0.25) is 5.02 Å². The molecule has 0 saturated carbocycles. The lowest BCUT2D eigenvalue weighted by Gasteiger charge is -2.18. The number of halogens is 2. The second-order valence-electron chi connectivity index (χ2n) is 10.1. The summed E-state index contributed by atoms with van der Waals surface area (Å²) in [7, 11) is 3.07. The van der Waals surface area contributed by atoms with E-state index in [2.05, 4.69) is 27.2 Å². The molecule has 2 atom stereocenters. The Kier molecular flexibility index (Phi) is 9.04. The molecule has 1 aromatic carbocycles. The van der Waals surface area contributed by atoms with Crippen LogP contribution in [-0.4, -0.2) is 71.0 Å². The van der Waals surface area contributed by atoms with Gasteiger partial charge in [0.2, 0.25) is 5.95 Å². The lowest BCUT2D eigenvalue weighted by molar-refractivity contribution is 0.0616. The smallest absolute Gasteiger partial charge is 0.409 e. The molecule has 2 saturated heterocycles. The second-order valence-corrected chi connectivity index (χ2v) is 10.5. The van der Waals surface area contributed by atoms with Gasteiger partial charge in [-0.1, -0.05) is 18.5 Å². The van der Waals surface area contributed by atoms with E-state index in [9.17, 15) is 4.79 Å². The van der Waals surface area contributed by atoms with Gasteiger partial charge in [-0.2, -0.15) is 0 Å². The van der Waals surface area contributed by atoms with Crippen LogP contribution in [0.25, 0.3) is 22.3 Å². The van der Waals surface area contributed by atoms with Gasteiger partial charge in [-0.25, -0.2) is 24.1 Å². The number of anilines is 1. The third-order valence-electron chi connectivity index (χ3n) is 6.91. The van der Waals surface area contributed by atoms with Crippen LogP contribution in [0.15, 0.2) is 18.3 Å². The standard InChI is InChI=1S/C21H24ClFN6O2.C6H12O/c1-11(2)29-16-8-13(17-14(22)9-25-20(24-3)27-17)7-15(23)18(16)26-19(29)12-5-6-28(10-12)21(30)31-4;1-6-3-2-4-7-5-6/h7-9,11-12H,5-6,10H2,1-4H3,(H,24,25,27);6H,2-5H2,1H3. The van der Waals surface area contributed by atoms with E-state index in [0.29, 0.717) is 46.4 Å². The van der Waals surface area contributed by atoms with Crippen molar-refractivity contribution in [3.63, 3.8) is 0 Å². The number of carbonyl (C=O) groups excluding carboxylic acids is 1. The van der Waals surface area contributed by atoms with Crippen molar-refractivity contribution in [2.45, 2.75) is 52.0 Å². The van der Waals surface area contributed by atoms with Gasteiger partial charge in [0.15, 0.2) is 5.82 Å². The Bertz CT molecular complexity index is 1280. The van der Waals surface area contributed by atoms with Gasteiger partial charge in [0, 0.05) is 50.9 Å². The molecular formula is C27H36ClFN6O3. The summed E-state index contributed by atoms with van der Waals surface area (Å²) in [4.78, 5) is 26.7. The highest BCUT2D eigenvalue weighted by atomic mass is 35.5. The van der Waals surface area contributed by atoms with E-state index in [1.165, 1.54) is 32.2 Å². The average Bonchev–Trinajstić information content (AvgIpc) is 3.55. The molecule has 0 spiro atoms. The van der Waals surface area contributed by atoms with Gasteiger partial charge in [-0.05, 0) is 51.2 Å². The van der Waals surface area contributed by atoms with Crippen LogP contribution in [0.1, 0.15) is 57.8 Å². The molecule has 0 radical (unpaired) electrons. The molecule has 2 aromatic heterocycles. The van der Waals surface area contributed by atoms with Crippen LogP contribution >= 0.6 is 11.6 Å². The minimum atomic E-state index is -0.448. The number of amides is 1. The number of benzene rings is 1. The third-order valence-corrected chi connectivity index (χ3v) is 7.18. The summed E-state index contributed by atoms with van der Waals surface area (Å²) in [5.74, 6) is 1.52. The number of nitrogens with zero attached hydrogens (tertiary/aromatic N) is 5. The number of nitrogens with one attached hydrogen (secondary N) is 1. The zero-order valence-electron chi connectivity index (χ0n) is 22.6. The maximum absolute atomic E-state index is 15.2. The van der Waals surface area contributed by atoms with Crippen molar-refractivity contribution >= 4 is 34.7 Å². The molecule has 0 bridgehead atoms. The van der Waals surface area contributed by atoms with Crippen molar-refractivity contribution in [3.8, 4) is 11.3 Å². The average molecular weight is 547 g/mol. The summed E-state index contributed by atoms with van der Waals surface area (Å²) in [5, 5.41) is 3.20. The number of hydrogen-bond donors (Lipinski definition) is 1. The molecule has 2 aliphatic heterocycles.